The second kappa shape index (κ2) is 11.9. The van der Waals surface area contributed by atoms with Crippen LogP contribution in [0.2, 0.25) is 0 Å². The van der Waals surface area contributed by atoms with Crippen LogP contribution in [0, 0.1) is 60.5 Å². The molecule has 0 saturated heterocycles. The van der Waals surface area contributed by atoms with Crippen LogP contribution in [0.15, 0.2) is 71.4 Å². The fourth-order valence-electron chi connectivity index (χ4n) is 4.84. The number of fused-ring (bicyclic) bond motifs is 5. The average Bonchev–Trinajstić information content (AvgIpc) is 3.54. The summed E-state index contributed by atoms with van der Waals surface area (Å²) >= 11 is 1.72. The Labute approximate surface area is 273 Å². The second-order valence-electron chi connectivity index (χ2n) is 10.3. The van der Waals surface area contributed by atoms with Gasteiger partial charge < -0.3 is 14.4 Å². The van der Waals surface area contributed by atoms with Gasteiger partial charge in [0.2, 0.25) is 0 Å². The second-order valence-corrected chi connectivity index (χ2v) is 11.6. The van der Waals surface area contributed by atoms with Gasteiger partial charge >= 0.3 is 0 Å². The van der Waals surface area contributed by atoms with E-state index < -0.39 is 13.7 Å². The molecule has 0 bridgehead atoms. The third-order valence-corrected chi connectivity index (χ3v) is 8.75. The van der Waals surface area contributed by atoms with Crippen molar-refractivity contribution in [3.05, 3.63) is 117 Å². The third kappa shape index (κ3) is 5.45. The molecule has 0 N–H and O–H groups in total. The monoisotopic (exact) mass is 751 g/mol. The van der Waals surface area contributed by atoms with E-state index in [9.17, 15) is 0 Å². The van der Waals surface area contributed by atoms with Crippen molar-refractivity contribution in [3.63, 3.8) is 0 Å². The molecule has 0 fully saturated rings. The minimum atomic E-state index is -2.60. The summed E-state index contributed by atoms with van der Waals surface area (Å²) in [6.45, 7) is 5.27. The molecule has 0 aliphatic heterocycles. The predicted octanol–water partition coefficient (Wildman–Crippen LogP) is 10.4. The molecule has 0 unspecified atom stereocenters. The largest absolute Gasteiger partial charge is 0.501 e. The van der Waals surface area contributed by atoms with Gasteiger partial charge in [-0.3, -0.25) is 0 Å². The number of rotatable bonds is 2. The smallest absolute Gasteiger partial charge is 0.122 e. The summed E-state index contributed by atoms with van der Waals surface area (Å²) in [7, 11) is 0. The van der Waals surface area contributed by atoms with Gasteiger partial charge in [0.15, 0.2) is 0 Å². The van der Waals surface area contributed by atoms with Crippen molar-refractivity contribution in [2.24, 2.45) is 0 Å². The summed E-state index contributed by atoms with van der Waals surface area (Å²) in [5.41, 5.74) is 8.59. The molecular weight excluding hydrogens is 713 g/mol. The zero-order chi connectivity index (χ0) is 33.8. The molecule has 0 aliphatic carbocycles. The zero-order valence-electron chi connectivity index (χ0n) is 29.9. The van der Waals surface area contributed by atoms with E-state index in [1.54, 1.807) is 17.4 Å². The van der Waals surface area contributed by atoms with Gasteiger partial charge in [-0.05, 0) is 87.0 Å². The van der Waals surface area contributed by atoms with Crippen LogP contribution >= 0.6 is 11.3 Å². The number of benzene rings is 3. The topological polar surface area (TPSA) is 38.9 Å². The first-order valence-corrected chi connectivity index (χ1v) is 14.1. The van der Waals surface area contributed by atoms with Crippen LogP contribution in [-0.4, -0.2) is 9.97 Å². The Hall–Kier alpha value is -3.63. The first-order chi connectivity index (χ1) is 22.1. The summed E-state index contributed by atoms with van der Waals surface area (Å²) in [6.07, 6.45) is 3.04. The zero-order valence-corrected chi connectivity index (χ0v) is 27.1. The Morgan fingerprint density at radius 2 is 1.55 bits per heavy atom. The van der Waals surface area contributed by atoms with Crippen LogP contribution in [0.3, 0.4) is 0 Å². The molecule has 4 aromatic heterocycles. The molecule has 1 radical (unpaired) electrons. The van der Waals surface area contributed by atoms with Crippen LogP contribution in [0.25, 0.3) is 54.5 Å². The van der Waals surface area contributed by atoms with Gasteiger partial charge in [0, 0.05) is 55.7 Å². The predicted molar refractivity (Wildman–Crippen MR) is 173 cm³/mol. The van der Waals surface area contributed by atoms with E-state index in [4.69, 9.17) is 12.6 Å². The van der Waals surface area contributed by atoms with Gasteiger partial charge in [-0.15, -0.1) is 64.9 Å². The number of furan rings is 1. The Balaban J connectivity index is 0.000000237. The molecule has 3 aromatic carbocycles. The standard InChI is InChI=1S/C23H18NOS.C14H14N.Ir/c1-12-10-19(24-11-13(12)2)17-6-5-7-18-21-20(25-22(17)18)9-8-16-14(3)15(4)26-23(16)21;1-10-4-6-13(7-5-10)14-8-11(2)12(3)9-15-14;/h5,7-11H,1-4H3;4-6,8-9H,1-3H3;/q2*-1;/i1D3,2D3;;. The van der Waals surface area contributed by atoms with Gasteiger partial charge in [-0.25, -0.2) is 0 Å². The van der Waals surface area contributed by atoms with Crippen molar-refractivity contribution in [1.82, 2.24) is 9.97 Å². The van der Waals surface area contributed by atoms with E-state index >= 15 is 0 Å². The van der Waals surface area contributed by atoms with Crippen molar-refractivity contribution < 1.29 is 32.7 Å². The molecule has 7 rings (SSSR count). The van der Waals surface area contributed by atoms with E-state index in [1.165, 1.54) is 38.6 Å². The molecule has 4 heterocycles. The summed E-state index contributed by atoms with van der Waals surface area (Å²) in [4.78, 5) is 9.94. The van der Waals surface area contributed by atoms with Crippen LogP contribution in [-0.2, 0) is 20.1 Å². The molecule has 213 valence electrons. The van der Waals surface area contributed by atoms with Gasteiger partial charge in [-0.1, -0.05) is 41.1 Å². The van der Waals surface area contributed by atoms with Crippen molar-refractivity contribution in [2.75, 3.05) is 0 Å². The van der Waals surface area contributed by atoms with Crippen LogP contribution in [0.5, 0.6) is 0 Å². The number of thiophene rings is 1. The van der Waals surface area contributed by atoms with Gasteiger partial charge in [-0.2, -0.15) is 0 Å². The number of pyridine rings is 2. The molecule has 0 atom stereocenters. The molecule has 3 nitrogen and oxygen atoms in total. The summed E-state index contributed by atoms with van der Waals surface area (Å²) in [5, 5.41) is 3.07. The summed E-state index contributed by atoms with van der Waals surface area (Å²) in [5.74, 6) is 0. The molecule has 42 heavy (non-hydrogen) atoms. The molecule has 0 aliphatic rings. The SMILES string of the molecule is Cc1c[c-]c(-c2cc(C)c(C)cn2)cc1.[2H]C([2H])([2H])c1cnc(-c2[c-]ccc3c2oc2ccc4c(C)c(C)sc4c23)cc1C([2H])([2H])[2H].[Ir]. The fraction of sp³-hybridized carbons (Fsp3) is 0.189. The number of nitrogens with zero attached hydrogens (tertiary/aromatic N) is 2. The molecule has 7 aromatic rings. The quantitative estimate of drug-likeness (QED) is 0.165. The Kier molecular flexibility index (Phi) is 6.51. The van der Waals surface area contributed by atoms with E-state index in [-0.39, 0.29) is 31.2 Å². The molecule has 5 heteroatoms. The van der Waals surface area contributed by atoms with Crippen molar-refractivity contribution in [2.45, 2.75) is 48.3 Å². The van der Waals surface area contributed by atoms with E-state index in [1.807, 2.05) is 24.4 Å². The van der Waals surface area contributed by atoms with Gasteiger partial charge in [0.25, 0.3) is 0 Å². The molecule has 0 spiro atoms. The Morgan fingerprint density at radius 1 is 0.786 bits per heavy atom. The van der Waals surface area contributed by atoms with Crippen molar-refractivity contribution in [3.8, 4) is 22.5 Å². The summed E-state index contributed by atoms with van der Waals surface area (Å²) in [6, 6.07) is 23.6. The maximum Gasteiger partial charge on any atom is 0.122 e. The van der Waals surface area contributed by atoms with E-state index in [0.717, 1.165) is 38.5 Å². The van der Waals surface area contributed by atoms with Gasteiger partial charge in [0.05, 0.1) is 5.58 Å². The maximum absolute atomic E-state index is 7.84. The average molecular weight is 751 g/mol. The van der Waals surface area contributed by atoms with E-state index in [2.05, 4.69) is 81.0 Å². The molecule has 0 amide bonds. The number of hydrogen-bond donors (Lipinski definition) is 0. The Morgan fingerprint density at radius 3 is 2.29 bits per heavy atom. The fourth-order valence-corrected chi connectivity index (χ4v) is 6.05. The Bertz CT molecular complexity index is 2290. The molecular formula is C37H32IrN2OS-2. The third-order valence-electron chi connectivity index (χ3n) is 7.51. The molecule has 0 saturated carbocycles. The van der Waals surface area contributed by atoms with Crippen molar-refractivity contribution >= 4 is 43.4 Å². The number of aryl methyl sites for hydroxylation is 7. The summed E-state index contributed by atoms with van der Waals surface area (Å²) < 4.78 is 53.9. The van der Waals surface area contributed by atoms with Crippen LogP contribution in [0.1, 0.15) is 46.5 Å². The van der Waals surface area contributed by atoms with Crippen LogP contribution < -0.4 is 0 Å². The first kappa shape index (κ1) is 22.9. The van der Waals surface area contributed by atoms with Crippen molar-refractivity contribution in [1.29, 1.82) is 0 Å². The first-order valence-electron chi connectivity index (χ1n) is 16.3. The maximum atomic E-state index is 7.84. The number of aromatic nitrogens is 2. The minimum absolute atomic E-state index is 0. The van der Waals surface area contributed by atoms with Crippen LogP contribution in [0.4, 0.5) is 0 Å². The van der Waals surface area contributed by atoms with E-state index in [0.29, 0.717) is 16.8 Å². The van der Waals surface area contributed by atoms with Gasteiger partial charge in [0.1, 0.15) is 5.58 Å². The number of hydrogen-bond acceptors (Lipinski definition) is 4. The normalized spacial score (nSPS) is 13.7. The minimum Gasteiger partial charge on any atom is -0.501 e.